The summed E-state index contributed by atoms with van der Waals surface area (Å²) in [6.45, 7) is 0. The van der Waals surface area contributed by atoms with Crippen molar-refractivity contribution in [3.8, 4) is 6.07 Å². The van der Waals surface area contributed by atoms with Crippen LogP contribution in [0, 0.1) is 11.3 Å². The SMILES string of the molecule is N#CC1=CC(B(O)O)C(F)(F)C=C1. The van der Waals surface area contributed by atoms with Crippen molar-refractivity contribution in [1.82, 2.24) is 0 Å². The van der Waals surface area contributed by atoms with Gasteiger partial charge in [-0.2, -0.15) is 5.26 Å². The fourth-order valence-corrected chi connectivity index (χ4v) is 1.03. The molecule has 0 amide bonds. The smallest absolute Gasteiger partial charge is 0.427 e. The van der Waals surface area contributed by atoms with Crippen LogP contribution in [0.3, 0.4) is 0 Å². The second-order valence-electron chi connectivity index (χ2n) is 2.68. The van der Waals surface area contributed by atoms with Crippen LogP contribution in [0.4, 0.5) is 8.78 Å². The van der Waals surface area contributed by atoms with Crippen LogP contribution in [0.2, 0.25) is 5.82 Å². The Morgan fingerprint density at radius 1 is 1.54 bits per heavy atom. The predicted octanol–water partition coefficient (Wildman–Crippen LogP) is 0.484. The van der Waals surface area contributed by atoms with E-state index in [9.17, 15) is 8.78 Å². The molecule has 0 bridgehead atoms. The van der Waals surface area contributed by atoms with Gasteiger partial charge in [0.2, 0.25) is 0 Å². The van der Waals surface area contributed by atoms with Crippen molar-refractivity contribution in [2.75, 3.05) is 0 Å². The van der Waals surface area contributed by atoms with Gasteiger partial charge in [-0.15, -0.1) is 0 Å². The summed E-state index contributed by atoms with van der Waals surface area (Å²) in [5.41, 5.74) is 0.00373. The molecular formula is C7H6BF2NO2. The van der Waals surface area contributed by atoms with Crippen molar-refractivity contribution in [3.63, 3.8) is 0 Å². The van der Waals surface area contributed by atoms with Crippen LogP contribution in [0.1, 0.15) is 0 Å². The van der Waals surface area contributed by atoms with Gasteiger partial charge in [0, 0.05) is 5.57 Å². The summed E-state index contributed by atoms with van der Waals surface area (Å²) >= 11 is 0. The standard InChI is InChI=1S/C7H6BF2NO2/c9-7(10)2-1-5(4-11)3-6(7)8(12)13/h1-3,6,12-13H. The second-order valence-corrected chi connectivity index (χ2v) is 2.68. The first-order chi connectivity index (χ1) is 5.97. The summed E-state index contributed by atoms with van der Waals surface area (Å²) in [5, 5.41) is 25.6. The molecule has 3 nitrogen and oxygen atoms in total. The first-order valence-corrected chi connectivity index (χ1v) is 3.52. The number of rotatable bonds is 1. The van der Waals surface area contributed by atoms with Crippen molar-refractivity contribution in [3.05, 3.63) is 23.8 Å². The molecule has 1 aliphatic carbocycles. The minimum absolute atomic E-state index is 0.00373. The van der Waals surface area contributed by atoms with Gasteiger partial charge in [-0.3, -0.25) is 0 Å². The van der Waals surface area contributed by atoms with E-state index in [4.69, 9.17) is 15.3 Å². The van der Waals surface area contributed by atoms with E-state index in [1.807, 2.05) is 0 Å². The average Bonchev–Trinajstić information content (AvgIpc) is 2.03. The molecular weight excluding hydrogens is 179 g/mol. The lowest BCUT2D eigenvalue weighted by Gasteiger charge is -2.23. The van der Waals surface area contributed by atoms with Crippen LogP contribution in [0.15, 0.2) is 23.8 Å². The summed E-state index contributed by atoms with van der Waals surface area (Å²) in [4.78, 5) is 0. The Kier molecular flexibility index (Phi) is 2.50. The third-order valence-corrected chi connectivity index (χ3v) is 1.74. The van der Waals surface area contributed by atoms with Gasteiger partial charge in [-0.1, -0.05) is 6.08 Å². The molecule has 13 heavy (non-hydrogen) atoms. The van der Waals surface area contributed by atoms with E-state index in [-0.39, 0.29) is 5.57 Å². The Bertz CT molecular complexity index is 306. The molecule has 1 unspecified atom stereocenters. The van der Waals surface area contributed by atoms with Gasteiger partial charge in [-0.05, 0) is 12.2 Å². The average molecular weight is 185 g/mol. The summed E-state index contributed by atoms with van der Waals surface area (Å²) in [6, 6.07) is 1.65. The molecule has 0 saturated heterocycles. The Labute approximate surface area is 73.7 Å². The van der Waals surface area contributed by atoms with Gasteiger partial charge in [0.15, 0.2) is 0 Å². The highest BCUT2D eigenvalue weighted by Gasteiger charge is 2.44. The van der Waals surface area contributed by atoms with E-state index in [2.05, 4.69) is 0 Å². The van der Waals surface area contributed by atoms with E-state index in [0.29, 0.717) is 6.08 Å². The Balaban J connectivity index is 2.98. The van der Waals surface area contributed by atoms with E-state index >= 15 is 0 Å². The van der Waals surface area contributed by atoms with Gasteiger partial charge in [0.1, 0.15) is 0 Å². The van der Waals surface area contributed by atoms with Gasteiger partial charge < -0.3 is 10.0 Å². The Hall–Kier alpha value is -1.19. The maximum atomic E-state index is 12.9. The molecule has 0 fully saturated rings. The first-order valence-electron chi connectivity index (χ1n) is 3.52. The highest BCUT2D eigenvalue weighted by atomic mass is 19.3. The molecule has 0 aromatic rings. The molecule has 2 N–H and O–H groups in total. The number of allylic oxidation sites excluding steroid dienone is 4. The summed E-state index contributed by atoms with van der Waals surface area (Å²) < 4.78 is 25.7. The monoisotopic (exact) mass is 185 g/mol. The summed E-state index contributed by atoms with van der Waals surface area (Å²) in [7, 11) is -2.16. The third-order valence-electron chi connectivity index (χ3n) is 1.74. The van der Waals surface area contributed by atoms with Crippen molar-refractivity contribution in [2.45, 2.75) is 11.7 Å². The third kappa shape index (κ3) is 1.94. The number of halogens is 2. The second kappa shape index (κ2) is 3.28. The number of nitriles is 1. The number of nitrogens with zero attached hydrogens (tertiary/aromatic N) is 1. The fourth-order valence-electron chi connectivity index (χ4n) is 1.03. The van der Waals surface area contributed by atoms with Crippen LogP contribution < -0.4 is 0 Å². The van der Waals surface area contributed by atoms with Gasteiger partial charge in [0.05, 0.1) is 11.9 Å². The van der Waals surface area contributed by atoms with E-state index in [1.165, 1.54) is 0 Å². The molecule has 68 valence electrons. The molecule has 0 saturated carbocycles. The van der Waals surface area contributed by atoms with Crippen LogP contribution in [0.25, 0.3) is 0 Å². The largest absolute Gasteiger partial charge is 0.465 e. The zero-order valence-corrected chi connectivity index (χ0v) is 6.48. The van der Waals surface area contributed by atoms with Crippen molar-refractivity contribution < 1.29 is 18.8 Å². The molecule has 1 rings (SSSR count). The van der Waals surface area contributed by atoms with Gasteiger partial charge in [-0.25, -0.2) is 8.78 Å². The molecule has 6 heteroatoms. The fraction of sp³-hybridized carbons (Fsp3) is 0.286. The lowest BCUT2D eigenvalue weighted by Crippen LogP contribution is -2.34. The lowest BCUT2D eigenvalue weighted by atomic mass is 9.66. The normalized spacial score (nSPS) is 24.8. The van der Waals surface area contributed by atoms with E-state index < -0.39 is 18.9 Å². The molecule has 0 aromatic carbocycles. The minimum atomic E-state index is -3.31. The molecule has 0 spiro atoms. The molecule has 1 aliphatic rings. The van der Waals surface area contributed by atoms with Gasteiger partial charge >= 0.3 is 7.12 Å². The number of hydrogen-bond donors (Lipinski definition) is 2. The maximum absolute atomic E-state index is 12.9. The van der Waals surface area contributed by atoms with E-state index in [0.717, 1.165) is 12.2 Å². The maximum Gasteiger partial charge on any atom is 0.465 e. The molecule has 0 heterocycles. The van der Waals surface area contributed by atoms with Crippen molar-refractivity contribution in [2.24, 2.45) is 0 Å². The molecule has 0 aromatic heterocycles. The Morgan fingerprint density at radius 3 is 2.62 bits per heavy atom. The first kappa shape index (κ1) is 9.90. The lowest BCUT2D eigenvalue weighted by molar-refractivity contribution is 0.0481. The summed E-state index contributed by atoms with van der Waals surface area (Å²) in [6.07, 6.45) is 2.30. The Morgan fingerprint density at radius 2 is 2.15 bits per heavy atom. The van der Waals surface area contributed by atoms with Crippen LogP contribution in [-0.4, -0.2) is 23.1 Å². The summed E-state index contributed by atoms with van der Waals surface area (Å²) in [5.74, 6) is -5.05. The highest BCUT2D eigenvalue weighted by molar-refractivity contribution is 6.44. The topological polar surface area (TPSA) is 64.2 Å². The molecule has 0 radical (unpaired) electrons. The quantitative estimate of drug-likeness (QED) is 0.584. The molecule has 0 aliphatic heterocycles. The number of hydrogen-bond acceptors (Lipinski definition) is 3. The minimum Gasteiger partial charge on any atom is -0.427 e. The van der Waals surface area contributed by atoms with Crippen LogP contribution in [0.5, 0.6) is 0 Å². The van der Waals surface area contributed by atoms with Crippen LogP contribution >= 0.6 is 0 Å². The van der Waals surface area contributed by atoms with Gasteiger partial charge in [0.25, 0.3) is 5.92 Å². The predicted molar refractivity (Wildman–Crippen MR) is 41.7 cm³/mol. The van der Waals surface area contributed by atoms with Crippen molar-refractivity contribution >= 4 is 7.12 Å². The van der Waals surface area contributed by atoms with Crippen LogP contribution in [-0.2, 0) is 0 Å². The highest BCUT2D eigenvalue weighted by Crippen LogP contribution is 2.37. The van der Waals surface area contributed by atoms with E-state index in [1.54, 1.807) is 6.07 Å². The number of alkyl halides is 2. The zero-order valence-electron chi connectivity index (χ0n) is 6.48. The van der Waals surface area contributed by atoms with Crippen molar-refractivity contribution in [1.29, 1.82) is 5.26 Å². The molecule has 1 atom stereocenters. The zero-order chi connectivity index (χ0) is 10.1.